The van der Waals surface area contributed by atoms with Gasteiger partial charge in [-0.25, -0.2) is 4.79 Å². The predicted octanol–water partition coefficient (Wildman–Crippen LogP) is 3.10. The van der Waals surface area contributed by atoms with Crippen LogP contribution >= 0.6 is 0 Å². The molecule has 6 heteroatoms. The molecule has 3 N–H and O–H groups in total. The minimum Gasteiger partial charge on any atom is -0.445 e. The number of rotatable bonds is 2. The second-order valence-corrected chi connectivity index (χ2v) is 10.5. The summed E-state index contributed by atoms with van der Waals surface area (Å²) in [6.07, 6.45) is 7.04. The van der Waals surface area contributed by atoms with Crippen molar-refractivity contribution in [1.82, 2.24) is 5.32 Å². The van der Waals surface area contributed by atoms with Crippen molar-refractivity contribution in [2.45, 2.75) is 63.4 Å². The number of aliphatic hydroxyl groups excluding tert-OH is 1. The molecule has 1 aliphatic carbocycles. The Labute approximate surface area is 201 Å². The van der Waals surface area contributed by atoms with Gasteiger partial charge in [-0.1, -0.05) is 62.9 Å². The highest BCUT2D eigenvalue weighted by atomic mass is 16.6. The van der Waals surface area contributed by atoms with Crippen molar-refractivity contribution in [2.75, 3.05) is 0 Å². The minimum atomic E-state index is -1.58. The van der Waals surface area contributed by atoms with E-state index in [4.69, 9.17) is 4.74 Å². The molecule has 1 aromatic carbocycles. The van der Waals surface area contributed by atoms with E-state index in [0.29, 0.717) is 24.8 Å². The SMILES string of the molecule is C=C1[C@@H](C)[C@H]2[C@H](Cc3ccccc3)NC(=O)[C@]23OC(=O)C=C[C@@](C)(O)C[C@@H](C)CC=C[C@H]3[C@@H]1O. The van der Waals surface area contributed by atoms with Crippen molar-refractivity contribution in [1.29, 1.82) is 0 Å². The quantitative estimate of drug-likeness (QED) is 0.461. The highest BCUT2D eigenvalue weighted by Crippen LogP contribution is 2.52. The van der Waals surface area contributed by atoms with Crippen LogP contribution in [0.1, 0.15) is 39.2 Å². The van der Waals surface area contributed by atoms with Crippen LogP contribution in [0.5, 0.6) is 0 Å². The first-order valence-electron chi connectivity index (χ1n) is 12.1. The summed E-state index contributed by atoms with van der Waals surface area (Å²) in [5.74, 6) is -2.41. The van der Waals surface area contributed by atoms with Crippen molar-refractivity contribution in [2.24, 2.45) is 23.7 Å². The Morgan fingerprint density at radius 1 is 1.21 bits per heavy atom. The lowest BCUT2D eigenvalue weighted by atomic mass is 9.59. The van der Waals surface area contributed by atoms with E-state index in [1.54, 1.807) is 6.92 Å². The van der Waals surface area contributed by atoms with Gasteiger partial charge >= 0.3 is 5.97 Å². The zero-order valence-electron chi connectivity index (χ0n) is 20.1. The van der Waals surface area contributed by atoms with E-state index in [1.807, 2.05) is 56.3 Å². The summed E-state index contributed by atoms with van der Waals surface area (Å²) in [6, 6.07) is 9.56. The number of allylic oxidation sites excluding steroid dienone is 1. The molecule has 182 valence electrons. The molecule has 0 aromatic heterocycles. The summed E-state index contributed by atoms with van der Waals surface area (Å²) < 4.78 is 6.03. The third-order valence-corrected chi connectivity index (χ3v) is 7.73. The number of hydrogen-bond acceptors (Lipinski definition) is 5. The number of hydrogen-bond donors (Lipinski definition) is 3. The summed E-state index contributed by atoms with van der Waals surface area (Å²) in [5, 5.41) is 25.0. The van der Waals surface area contributed by atoms with E-state index in [0.717, 1.165) is 5.56 Å². The van der Waals surface area contributed by atoms with Crippen LogP contribution in [0, 0.1) is 23.7 Å². The van der Waals surface area contributed by atoms with Gasteiger partial charge in [0, 0.05) is 18.0 Å². The van der Waals surface area contributed by atoms with Gasteiger partial charge in [0.25, 0.3) is 5.91 Å². The minimum absolute atomic E-state index is 0.129. The molecule has 3 aliphatic rings. The first-order valence-corrected chi connectivity index (χ1v) is 12.1. The molecular formula is C28H35NO5. The maximum absolute atomic E-state index is 13.7. The number of amides is 1. The van der Waals surface area contributed by atoms with Gasteiger partial charge in [0.1, 0.15) is 0 Å². The summed E-state index contributed by atoms with van der Waals surface area (Å²) in [7, 11) is 0. The first kappa shape index (κ1) is 24.4. The fourth-order valence-electron chi connectivity index (χ4n) is 6.12. The highest BCUT2D eigenvalue weighted by Gasteiger charge is 2.67. The van der Waals surface area contributed by atoms with Gasteiger partial charge in [-0.05, 0) is 55.2 Å². The van der Waals surface area contributed by atoms with Crippen LogP contribution in [0.4, 0.5) is 0 Å². The van der Waals surface area contributed by atoms with Crippen molar-refractivity contribution < 1.29 is 24.5 Å². The standard InChI is InChI=1S/C28H35NO5/c1-17-9-8-12-21-25(31)19(3)18(2)24-22(15-20-10-6-5-7-11-20)29-26(32)28(21,24)34-23(30)13-14-27(4,33)16-17/h5-8,10-14,17-18,21-22,24-25,31,33H,3,9,15-16H2,1-2,4H3,(H,29,32)/t17-,18+,21-,22-,24-,25+,27+,28+/m0/s1. The highest BCUT2D eigenvalue weighted by molar-refractivity contribution is 5.94. The first-order chi connectivity index (χ1) is 16.0. The fraction of sp³-hybridized carbons (Fsp3) is 0.500. The van der Waals surface area contributed by atoms with Crippen molar-refractivity contribution in [3.63, 3.8) is 0 Å². The molecular weight excluding hydrogens is 430 g/mol. The average Bonchev–Trinajstić information content (AvgIpc) is 3.04. The van der Waals surface area contributed by atoms with Crippen LogP contribution in [0.15, 0.2) is 66.8 Å². The lowest BCUT2D eigenvalue weighted by Crippen LogP contribution is -2.61. The molecule has 0 bridgehead atoms. The molecule has 1 aromatic rings. The molecule has 2 heterocycles. The number of aliphatic hydroxyl groups is 2. The Kier molecular flexibility index (Phi) is 6.58. The van der Waals surface area contributed by atoms with Crippen LogP contribution in [0.3, 0.4) is 0 Å². The lowest BCUT2D eigenvalue weighted by molar-refractivity contribution is -0.182. The van der Waals surface area contributed by atoms with E-state index < -0.39 is 41.0 Å². The number of benzene rings is 1. The largest absolute Gasteiger partial charge is 0.445 e. The van der Waals surface area contributed by atoms with E-state index in [-0.39, 0.29) is 17.9 Å². The Bertz CT molecular complexity index is 1010. The molecule has 1 amide bonds. The Morgan fingerprint density at radius 3 is 2.62 bits per heavy atom. The van der Waals surface area contributed by atoms with Crippen LogP contribution in [-0.4, -0.2) is 45.4 Å². The van der Waals surface area contributed by atoms with Crippen LogP contribution in [0.2, 0.25) is 0 Å². The third-order valence-electron chi connectivity index (χ3n) is 7.73. The third kappa shape index (κ3) is 4.37. The predicted molar refractivity (Wildman–Crippen MR) is 129 cm³/mol. The van der Waals surface area contributed by atoms with Crippen molar-refractivity contribution in [3.05, 3.63) is 72.4 Å². The van der Waals surface area contributed by atoms with E-state index in [9.17, 15) is 19.8 Å². The van der Waals surface area contributed by atoms with Gasteiger partial charge in [-0.3, -0.25) is 4.79 Å². The van der Waals surface area contributed by atoms with Gasteiger partial charge in [-0.15, -0.1) is 0 Å². The maximum atomic E-state index is 13.7. The average molecular weight is 466 g/mol. The molecule has 8 atom stereocenters. The van der Waals surface area contributed by atoms with Gasteiger partial charge in [0.2, 0.25) is 5.60 Å². The summed E-state index contributed by atoms with van der Waals surface area (Å²) in [4.78, 5) is 26.7. The van der Waals surface area contributed by atoms with Crippen LogP contribution in [0.25, 0.3) is 0 Å². The summed E-state index contributed by atoms with van der Waals surface area (Å²) >= 11 is 0. The Balaban J connectivity index is 1.81. The Hall–Kier alpha value is -2.70. The molecule has 1 saturated heterocycles. The molecule has 2 fully saturated rings. The van der Waals surface area contributed by atoms with Gasteiger partial charge in [0.15, 0.2) is 0 Å². The number of carbonyl (C=O) groups is 2. The number of carbonyl (C=O) groups excluding carboxylic acids is 2. The zero-order chi connectivity index (χ0) is 24.7. The Morgan fingerprint density at radius 2 is 1.91 bits per heavy atom. The molecule has 0 unspecified atom stereocenters. The van der Waals surface area contributed by atoms with Crippen molar-refractivity contribution >= 4 is 11.9 Å². The topological polar surface area (TPSA) is 95.9 Å². The van der Waals surface area contributed by atoms with Crippen LogP contribution < -0.4 is 5.32 Å². The maximum Gasteiger partial charge on any atom is 0.331 e. The molecule has 34 heavy (non-hydrogen) atoms. The zero-order valence-corrected chi connectivity index (χ0v) is 20.1. The van der Waals surface area contributed by atoms with Gasteiger partial charge < -0.3 is 20.3 Å². The second kappa shape index (κ2) is 9.16. The van der Waals surface area contributed by atoms with Gasteiger partial charge in [0.05, 0.1) is 17.6 Å². The number of esters is 1. The molecule has 1 spiro atoms. The van der Waals surface area contributed by atoms with E-state index in [1.165, 1.54) is 12.2 Å². The van der Waals surface area contributed by atoms with Crippen LogP contribution in [-0.2, 0) is 20.7 Å². The molecule has 4 rings (SSSR count). The second-order valence-electron chi connectivity index (χ2n) is 10.5. The molecule has 0 radical (unpaired) electrons. The number of nitrogens with one attached hydrogen (secondary N) is 1. The van der Waals surface area contributed by atoms with Gasteiger partial charge in [-0.2, -0.15) is 0 Å². The molecule has 1 saturated carbocycles. The lowest BCUT2D eigenvalue weighted by Gasteiger charge is -2.49. The smallest absolute Gasteiger partial charge is 0.331 e. The van der Waals surface area contributed by atoms with Crippen molar-refractivity contribution in [3.8, 4) is 0 Å². The van der Waals surface area contributed by atoms with E-state index in [2.05, 4.69) is 11.9 Å². The summed E-state index contributed by atoms with van der Waals surface area (Å²) in [6.45, 7) is 9.77. The summed E-state index contributed by atoms with van der Waals surface area (Å²) in [5.41, 5.74) is -1.06. The monoisotopic (exact) mass is 465 g/mol. The van der Waals surface area contributed by atoms with E-state index >= 15 is 0 Å². The number of ether oxygens (including phenoxy) is 1. The normalized spacial score (nSPS) is 40.4. The fourth-order valence-corrected chi connectivity index (χ4v) is 6.12. The molecule has 2 aliphatic heterocycles. The molecule has 6 nitrogen and oxygen atoms in total.